The van der Waals surface area contributed by atoms with Crippen LogP contribution >= 0.6 is 23.1 Å². The van der Waals surface area contributed by atoms with Crippen LogP contribution in [-0.4, -0.2) is 21.1 Å². The topological polar surface area (TPSA) is 52.0 Å². The summed E-state index contributed by atoms with van der Waals surface area (Å²) in [6.45, 7) is 0. The van der Waals surface area contributed by atoms with Gasteiger partial charge >= 0.3 is 0 Å². The molecule has 2 heterocycles. The van der Waals surface area contributed by atoms with Gasteiger partial charge in [0.25, 0.3) is 5.56 Å². The van der Waals surface area contributed by atoms with Crippen LogP contribution in [0.15, 0.2) is 64.5 Å². The fourth-order valence-corrected chi connectivity index (χ4v) is 6.52. The number of aromatic nitrogens is 2. The summed E-state index contributed by atoms with van der Waals surface area (Å²) >= 11 is 3.15. The number of nitrogens with zero attached hydrogens (tertiary/aromatic N) is 2. The molecule has 0 unspecified atom stereocenters. The van der Waals surface area contributed by atoms with Crippen molar-refractivity contribution in [3.63, 3.8) is 0 Å². The predicted octanol–water partition coefficient (Wildman–Crippen LogP) is 6.22. The normalized spacial score (nSPS) is 13.2. The third-order valence-electron chi connectivity index (χ3n) is 5.92. The SMILES string of the molecule is O=C(CCCSc1nc2sc3c(c2c(=O)n1-c1ccccc1)CCCC3)c1ccc(F)cc1. The van der Waals surface area contributed by atoms with Gasteiger partial charge in [0, 0.05) is 22.6 Å². The summed E-state index contributed by atoms with van der Waals surface area (Å²) < 4.78 is 14.8. The molecule has 0 amide bonds. The predicted molar refractivity (Wildman–Crippen MR) is 133 cm³/mol. The van der Waals surface area contributed by atoms with Gasteiger partial charge in [-0.2, -0.15) is 0 Å². The minimum Gasteiger partial charge on any atom is -0.294 e. The lowest BCUT2D eigenvalue weighted by Crippen LogP contribution is -2.22. The third-order valence-corrected chi connectivity index (χ3v) is 8.13. The summed E-state index contributed by atoms with van der Waals surface area (Å²) in [5.74, 6) is 0.297. The van der Waals surface area contributed by atoms with E-state index in [1.54, 1.807) is 15.9 Å². The van der Waals surface area contributed by atoms with Crippen molar-refractivity contribution in [2.75, 3.05) is 5.75 Å². The Morgan fingerprint density at radius 2 is 1.82 bits per heavy atom. The van der Waals surface area contributed by atoms with E-state index in [2.05, 4.69) is 0 Å². The van der Waals surface area contributed by atoms with Gasteiger partial charge in [-0.25, -0.2) is 9.37 Å². The van der Waals surface area contributed by atoms with Crippen LogP contribution in [0.2, 0.25) is 0 Å². The highest BCUT2D eigenvalue weighted by atomic mass is 32.2. The zero-order valence-electron chi connectivity index (χ0n) is 18.1. The van der Waals surface area contributed by atoms with Crippen LogP contribution in [0.5, 0.6) is 0 Å². The molecule has 1 aliphatic carbocycles. The number of carbonyl (C=O) groups is 1. The third kappa shape index (κ3) is 4.52. The zero-order chi connectivity index (χ0) is 22.8. The molecular formula is C26H23FN2O2S2. The van der Waals surface area contributed by atoms with Crippen LogP contribution in [0, 0.1) is 5.82 Å². The van der Waals surface area contributed by atoms with E-state index in [0.717, 1.165) is 41.6 Å². The lowest BCUT2D eigenvalue weighted by molar-refractivity contribution is 0.0982. The van der Waals surface area contributed by atoms with E-state index in [1.165, 1.54) is 46.5 Å². The fourth-order valence-electron chi connectivity index (χ4n) is 4.26. The summed E-state index contributed by atoms with van der Waals surface area (Å²) in [7, 11) is 0. The second-order valence-corrected chi connectivity index (χ2v) is 10.3. The molecule has 0 saturated heterocycles. The highest BCUT2D eigenvalue weighted by Gasteiger charge is 2.22. The number of carbonyl (C=O) groups excluding carboxylic acids is 1. The van der Waals surface area contributed by atoms with Crippen molar-refractivity contribution < 1.29 is 9.18 Å². The van der Waals surface area contributed by atoms with Crippen molar-refractivity contribution in [2.24, 2.45) is 0 Å². The van der Waals surface area contributed by atoms with Crippen LogP contribution in [0.4, 0.5) is 4.39 Å². The fraction of sp³-hybridized carbons (Fsp3) is 0.269. The first-order valence-corrected chi connectivity index (χ1v) is 13.0. The van der Waals surface area contributed by atoms with Crippen molar-refractivity contribution in [1.29, 1.82) is 0 Å². The average molecular weight is 479 g/mol. The van der Waals surface area contributed by atoms with Crippen LogP contribution in [-0.2, 0) is 12.8 Å². The average Bonchev–Trinajstić information content (AvgIpc) is 3.21. The maximum absolute atomic E-state index is 13.7. The molecule has 4 aromatic rings. The second-order valence-electron chi connectivity index (χ2n) is 8.14. The van der Waals surface area contributed by atoms with E-state index in [-0.39, 0.29) is 17.2 Å². The van der Waals surface area contributed by atoms with E-state index in [1.807, 2.05) is 30.3 Å². The number of fused-ring (bicyclic) bond motifs is 3. The number of para-hydroxylation sites is 1. The van der Waals surface area contributed by atoms with Gasteiger partial charge in [0.1, 0.15) is 10.6 Å². The molecule has 0 bridgehead atoms. The molecule has 0 aliphatic heterocycles. The van der Waals surface area contributed by atoms with E-state index >= 15 is 0 Å². The van der Waals surface area contributed by atoms with Crippen molar-refractivity contribution in [3.8, 4) is 5.69 Å². The van der Waals surface area contributed by atoms with Gasteiger partial charge in [0.15, 0.2) is 10.9 Å². The minimum absolute atomic E-state index is 0.00418. The first-order valence-electron chi connectivity index (χ1n) is 11.2. The molecule has 33 heavy (non-hydrogen) atoms. The number of thiophene rings is 1. The van der Waals surface area contributed by atoms with Gasteiger partial charge in [-0.05, 0) is 74.1 Å². The van der Waals surface area contributed by atoms with Gasteiger partial charge in [-0.3, -0.25) is 14.2 Å². The molecule has 2 aromatic heterocycles. The lowest BCUT2D eigenvalue weighted by Gasteiger charge is -2.13. The van der Waals surface area contributed by atoms with E-state index < -0.39 is 0 Å². The van der Waals surface area contributed by atoms with Gasteiger partial charge in [-0.15, -0.1) is 11.3 Å². The summed E-state index contributed by atoms with van der Waals surface area (Å²) in [6, 6.07) is 15.3. The molecule has 7 heteroatoms. The molecule has 0 N–H and O–H groups in total. The Morgan fingerprint density at radius 3 is 2.61 bits per heavy atom. The number of halogens is 1. The van der Waals surface area contributed by atoms with Gasteiger partial charge in [-0.1, -0.05) is 30.0 Å². The molecule has 0 radical (unpaired) electrons. The number of hydrogen-bond acceptors (Lipinski definition) is 5. The summed E-state index contributed by atoms with van der Waals surface area (Å²) in [6.07, 6.45) is 5.25. The van der Waals surface area contributed by atoms with Gasteiger partial charge < -0.3 is 0 Å². The van der Waals surface area contributed by atoms with Crippen molar-refractivity contribution in [3.05, 3.63) is 86.8 Å². The standard InChI is InChI=1S/C26H23FN2O2S2/c27-18-14-12-17(13-15-18)21(30)10-6-16-32-26-28-24-23(20-9-4-5-11-22(20)33-24)25(31)29(26)19-7-2-1-3-8-19/h1-3,7-8,12-15H,4-6,9-11,16H2. The molecule has 0 fully saturated rings. The van der Waals surface area contributed by atoms with E-state index in [0.29, 0.717) is 29.3 Å². The number of rotatable bonds is 7. The highest BCUT2D eigenvalue weighted by Crippen LogP contribution is 2.35. The molecular weight excluding hydrogens is 455 g/mol. The van der Waals surface area contributed by atoms with E-state index in [4.69, 9.17) is 4.98 Å². The largest absolute Gasteiger partial charge is 0.294 e. The Kier molecular flexibility index (Phi) is 6.42. The van der Waals surface area contributed by atoms with Gasteiger partial charge in [0.05, 0.1) is 11.1 Å². The summed E-state index contributed by atoms with van der Waals surface area (Å²) in [5, 5.41) is 1.43. The molecule has 168 valence electrons. The molecule has 2 aromatic carbocycles. The minimum atomic E-state index is -0.349. The summed E-state index contributed by atoms with van der Waals surface area (Å²) in [5.41, 5.74) is 2.50. The Morgan fingerprint density at radius 1 is 1.06 bits per heavy atom. The first-order chi connectivity index (χ1) is 16.1. The number of aryl methyl sites for hydroxylation is 2. The Balaban J connectivity index is 1.41. The molecule has 0 atom stereocenters. The lowest BCUT2D eigenvalue weighted by atomic mass is 9.97. The van der Waals surface area contributed by atoms with Crippen molar-refractivity contribution in [1.82, 2.24) is 9.55 Å². The van der Waals surface area contributed by atoms with E-state index in [9.17, 15) is 14.0 Å². The maximum atomic E-state index is 13.7. The van der Waals surface area contributed by atoms with Crippen molar-refractivity contribution >= 4 is 39.1 Å². The van der Waals surface area contributed by atoms with Gasteiger partial charge in [0.2, 0.25) is 0 Å². The van der Waals surface area contributed by atoms with Crippen LogP contribution in [0.1, 0.15) is 46.5 Å². The Bertz CT molecular complexity index is 1360. The quantitative estimate of drug-likeness (QED) is 0.137. The molecule has 1 aliphatic rings. The molecule has 5 rings (SSSR count). The first kappa shape index (κ1) is 22.0. The summed E-state index contributed by atoms with van der Waals surface area (Å²) in [4.78, 5) is 33.1. The molecule has 0 saturated carbocycles. The van der Waals surface area contributed by atoms with Crippen molar-refractivity contribution in [2.45, 2.75) is 43.7 Å². The Hall–Kier alpha value is -2.77. The van der Waals surface area contributed by atoms with Crippen LogP contribution < -0.4 is 5.56 Å². The molecule has 0 spiro atoms. The number of Topliss-reactive ketones (excluding diaryl/α,β-unsaturated/α-hetero) is 1. The zero-order valence-corrected chi connectivity index (χ0v) is 19.7. The van der Waals surface area contributed by atoms with Crippen LogP contribution in [0.3, 0.4) is 0 Å². The molecule has 4 nitrogen and oxygen atoms in total. The number of thioether (sulfide) groups is 1. The van der Waals surface area contributed by atoms with Crippen LogP contribution in [0.25, 0.3) is 15.9 Å². The number of benzene rings is 2. The maximum Gasteiger partial charge on any atom is 0.267 e. The number of ketones is 1. The monoisotopic (exact) mass is 478 g/mol. The smallest absolute Gasteiger partial charge is 0.267 e. The number of hydrogen-bond donors (Lipinski definition) is 0. The Labute approximate surface area is 199 Å². The second kappa shape index (κ2) is 9.61. The highest BCUT2D eigenvalue weighted by molar-refractivity contribution is 7.99.